The maximum atomic E-state index is 16.7. The standard InChI is InChI=1S/C30H30F2N6O3S/c1-30(2,3)41-29(39)36-28-17(10-33)23-26(34-11-20(31)27(23)42-28)22-19-14-40-13-18(19)16-6-7-21(35-25(16)24(22)32)38-9-8-15(12-38)37(4)5/h6-7,11,15H,8-9,12-14H2,1-5H3,(H,36,39)/t15-/m0/s1. The molecule has 218 valence electrons. The molecule has 0 spiro atoms. The molecule has 4 aromatic rings. The van der Waals surface area contributed by atoms with E-state index in [1.165, 1.54) is 0 Å². The molecule has 0 aliphatic carbocycles. The number of hydrogen-bond donors (Lipinski definition) is 1. The number of nitriles is 1. The van der Waals surface area contributed by atoms with Gasteiger partial charge in [0.05, 0.1) is 35.4 Å². The molecule has 2 aliphatic rings. The molecule has 1 aromatic carbocycles. The number of carbonyl (C=O) groups is 1. The second kappa shape index (κ2) is 10.4. The van der Waals surface area contributed by atoms with E-state index in [-0.39, 0.29) is 50.6 Å². The number of nitrogens with one attached hydrogen (secondary N) is 1. The Labute approximate surface area is 245 Å². The number of amides is 1. The van der Waals surface area contributed by atoms with E-state index < -0.39 is 23.3 Å². The average Bonchev–Trinajstić information content (AvgIpc) is 3.67. The lowest BCUT2D eigenvalue weighted by atomic mass is 9.93. The van der Waals surface area contributed by atoms with Crippen LogP contribution in [0.25, 0.3) is 32.2 Å². The Morgan fingerprint density at radius 3 is 2.71 bits per heavy atom. The second-order valence-electron chi connectivity index (χ2n) is 11.8. The van der Waals surface area contributed by atoms with Gasteiger partial charge >= 0.3 is 6.09 Å². The Morgan fingerprint density at radius 2 is 2.02 bits per heavy atom. The van der Waals surface area contributed by atoms with E-state index in [2.05, 4.69) is 26.2 Å². The number of benzene rings is 1. The van der Waals surface area contributed by atoms with Crippen LogP contribution < -0.4 is 10.2 Å². The van der Waals surface area contributed by atoms with E-state index in [9.17, 15) is 10.1 Å². The minimum atomic E-state index is -0.790. The molecule has 0 radical (unpaired) electrons. The fraction of sp³-hybridized carbons (Fsp3) is 0.400. The summed E-state index contributed by atoms with van der Waals surface area (Å²) in [5.41, 5.74) is 0.945. The van der Waals surface area contributed by atoms with Crippen molar-refractivity contribution in [1.82, 2.24) is 14.9 Å². The number of carbonyl (C=O) groups excluding carboxylic acids is 1. The number of pyridine rings is 2. The highest BCUT2D eigenvalue weighted by molar-refractivity contribution is 7.23. The summed E-state index contributed by atoms with van der Waals surface area (Å²) < 4.78 is 43.0. The first kappa shape index (κ1) is 28.2. The molecule has 9 nitrogen and oxygen atoms in total. The van der Waals surface area contributed by atoms with E-state index >= 15 is 8.78 Å². The van der Waals surface area contributed by atoms with Crippen molar-refractivity contribution >= 4 is 49.2 Å². The first-order valence-corrected chi connectivity index (χ1v) is 14.4. The number of thiophene rings is 1. The fourth-order valence-corrected chi connectivity index (χ4v) is 6.69. The Hall–Kier alpha value is -3.92. The molecule has 1 N–H and O–H groups in total. The molecule has 0 saturated carbocycles. The summed E-state index contributed by atoms with van der Waals surface area (Å²) in [7, 11) is 4.09. The van der Waals surface area contributed by atoms with Crippen LogP contribution in [0.5, 0.6) is 0 Å². The monoisotopic (exact) mass is 592 g/mol. The predicted octanol–water partition coefficient (Wildman–Crippen LogP) is 6.18. The van der Waals surface area contributed by atoms with E-state index in [1.54, 1.807) is 20.8 Å². The zero-order chi connectivity index (χ0) is 29.9. The van der Waals surface area contributed by atoms with Gasteiger partial charge < -0.3 is 19.3 Å². The first-order chi connectivity index (χ1) is 20.0. The molecule has 42 heavy (non-hydrogen) atoms. The number of hydrogen-bond acceptors (Lipinski definition) is 9. The van der Waals surface area contributed by atoms with Crippen molar-refractivity contribution in [3.05, 3.63) is 46.7 Å². The Bertz CT molecular complexity index is 1790. The molecule has 0 unspecified atom stereocenters. The molecular formula is C30H30F2N6O3S. The normalized spacial score (nSPS) is 16.8. The van der Waals surface area contributed by atoms with Gasteiger partial charge in [-0.25, -0.2) is 18.6 Å². The highest BCUT2D eigenvalue weighted by Crippen LogP contribution is 2.46. The molecule has 0 bridgehead atoms. The molecule has 1 saturated heterocycles. The summed E-state index contributed by atoms with van der Waals surface area (Å²) in [4.78, 5) is 25.9. The van der Waals surface area contributed by atoms with Crippen LogP contribution in [0, 0.1) is 23.0 Å². The van der Waals surface area contributed by atoms with E-state index in [4.69, 9.17) is 14.5 Å². The molecule has 2 aliphatic heterocycles. The van der Waals surface area contributed by atoms with Gasteiger partial charge in [0.2, 0.25) is 0 Å². The largest absolute Gasteiger partial charge is 0.444 e. The zero-order valence-electron chi connectivity index (χ0n) is 24.0. The number of likely N-dealkylation sites (N-methyl/N-ethyl adjacent to an activating group) is 1. The smallest absolute Gasteiger partial charge is 0.412 e. The molecule has 1 fully saturated rings. The SMILES string of the molecule is CN(C)[C@H]1CCN(c2ccc3c4c(c(-c5ncc(F)c6sc(NC(=O)OC(C)(C)C)c(C#N)c56)c(F)c3n2)COC4)C1. The zero-order valence-corrected chi connectivity index (χ0v) is 24.8. The van der Waals surface area contributed by atoms with Gasteiger partial charge in [-0.15, -0.1) is 11.3 Å². The third-order valence-electron chi connectivity index (χ3n) is 7.64. The van der Waals surface area contributed by atoms with Gasteiger partial charge in [0, 0.05) is 35.5 Å². The van der Waals surface area contributed by atoms with Gasteiger partial charge in [-0.2, -0.15) is 5.26 Å². The van der Waals surface area contributed by atoms with E-state index in [0.717, 1.165) is 42.6 Å². The maximum Gasteiger partial charge on any atom is 0.412 e. The highest BCUT2D eigenvalue weighted by atomic mass is 32.1. The van der Waals surface area contributed by atoms with Crippen LogP contribution >= 0.6 is 11.3 Å². The first-order valence-electron chi connectivity index (χ1n) is 13.6. The highest BCUT2D eigenvalue weighted by Gasteiger charge is 2.31. The van der Waals surface area contributed by atoms with Crippen LogP contribution in [0.3, 0.4) is 0 Å². The lowest BCUT2D eigenvalue weighted by molar-refractivity contribution is 0.0636. The van der Waals surface area contributed by atoms with Gasteiger partial charge in [0.25, 0.3) is 0 Å². The average molecular weight is 593 g/mol. The molecule has 3 aromatic heterocycles. The topological polar surface area (TPSA) is 104 Å². The Kier molecular flexibility index (Phi) is 7.00. The Balaban J connectivity index is 1.53. The summed E-state index contributed by atoms with van der Waals surface area (Å²) in [5, 5.41) is 13.6. The second-order valence-corrected chi connectivity index (χ2v) is 12.8. The van der Waals surface area contributed by atoms with Crippen LogP contribution in [0.2, 0.25) is 0 Å². The van der Waals surface area contributed by atoms with E-state index in [1.807, 2.05) is 26.2 Å². The molecule has 5 heterocycles. The number of nitrogens with zero attached hydrogens (tertiary/aromatic N) is 5. The van der Waals surface area contributed by atoms with Crippen molar-refractivity contribution in [3.8, 4) is 17.3 Å². The lowest BCUT2D eigenvalue weighted by Gasteiger charge is -2.22. The van der Waals surface area contributed by atoms with Crippen LogP contribution in [-0.2, 0) is 22.7 Å². The van der Waals surface area contributed by atoms with Crippen molar-refractivity contribution in [3.63, 3.8) is 0 Å². The van der Waals surface area contributed by atoms with E-state index in [0.29, 0.717) is 22.8 Å². The predicted molar refractivity (Wildman–Crippen MR) is 158 cm³/mol. The molecular weight excluding hydrogens is 562 g/mol. The van der Waals surface area contributed by atoms with Gasteiger partial charge in [-0.3, -0.25) is 10.3 Å². The molecule has 6 rings (SSSR count). The number of fused-ring (bicyclic) bond motifs is 4. The quantitative estimate of drug-likeness (QED) is 0.300. The van der Waals surface area contributed by atoms with Crippen LogP contribution in [0.15, 0.2) is 18.3 Å². The van der Waals surface area contributed by atoms with Crippen LogP contribution in [-0.4, -0.2) is 59.8 Å². The van der Waals surface area contributed by atoms with Crippen molar-refractivity contribution < 1.29 is 23.0 Å². The molecule has 1 atom stereocenters. The van der Waals surface area contributed by atoms with Gasteiger partial charge in [0.1, 0.15) is 28.0 Å². The number of rotatable bonds is 4. The van der Waals surface area contributed by atoms with Crippen molar-refractivity contribution in [2.24, 2.45) is 0 Å². The van der Waals surface area contributed by atoms with Crippen LogP contribution in [0.1, 0.15) is 43.9 Å². The maximum absolute atomic E-state index is 16.7. The van der Waals surface area contributed by atoms with Gasteiger partial charge in [-0.05, 0) is 64.5 Å². The summed E-state index contributed by atoms with van der Waals surface area (Å²) in [6, 6.07) is 6.22. The number of ether oxygens (including phenoxy) is 2. The lowest BCUT2D eigenvalue weighted by Crippen LogP contribution is -2.31. The summed E-state index contributed by atoms with van der Waals surface area (Å²) in [5.74, 6) is -0.632. The summed E-state index contributed by atoms with van der Waals surface area (Å²) >= 11 is 0.873. The minimum absolute atomic E-state index is 0.0245. The number of aromatic nitrogens is 2. The third-order valence-corrected chi connectivity index (χ3v) is 8.76. The van der Waals surface area contributed by atoms with Gasteiger partial charge in [0.15, 0.2) is 11.6 Å². The van der Waals surface area contributed by atoms with Gasteiger partial charge in [-0.1, -0.05) is 0 Å². The summed E-state index contributed by atoms with van der Waals surface area (Å²) in [6.07, 6.45) is 1.19. The number of halogens is 2. The fourth-order valence-electron chi connectivity index (χ4n) is 5.65. The molecule has 12 heteroatoms. The summed E-state index contributed by atoms with van der Waals surface area (Å²) in [6.45, 7) is 7.10. The third kappa shape index (κ3) is 4.81. The van der Waals surface area contributed by atoms with Crippen molar-refractivity contribution in [2.45, 2.75) is 52.0 Å². The Morgan fingerprint density at radius 1 is 1.26 bits per heavy atom. The van der Waals surface area contributed by atoms with Crippen molar-refractivity contribution in [1.29, 1.82) is 5.26 Å². The van der Waals surface area contributed by atoms with Crippen LogP contribution in [0.4, 0.5) is 24.4 Å². The van der Waals surface area contributed by atoms with Crippen molar-refractivity contribution in [2.75, 3.05) is 37.4 Å². The molecule has 1 amide bonds. The minimum Gasteiger partial charge on any atom is -0.444 e. The number of anilines is 2.